The van der Waals surface area contributed by atoms with Gasteiger partial charge in [-0.05, 0) is 57.9 Å². The fraction of sp³-hybridized carbons (Fsp3) is 0.571. The summed E-state index contributed by atoms with van der Waals surface area (Å²) in [6.07, 6.45) is 2.53. The summed E-state index contributed by atoms with van der Waals surface area (Å²) in [5.41, 5.74) is 1.60. The van der Waals surface area contributed by atoms with Crippen LogP contribution >= 0.6 is 11.6 Å². The minimum Gasteiger partial charge on any atom is -0.291 e. The topological polar surface area (TPSA) is 3.24 Å². The number of benzene rings is 1. The first-order chi connectivity index (χ1) is 7.48. The number of halogens is 1. The number of hydrogen-bond donors (Lipinski definition) is 0. The van der Waals surface area contributed by atoms with Gasteiger partial charge in [0.05, 0.1) is 0 Å². The lowest BCUT2D eigenvalue weighted by Crippen LogP contribution is -2.40. The van der Waals surface area contributed by atoms with Crippen LogP contribution in [0.3, 0.4) is 0 Å². The van der Waals surface area contributed by atoms with Gasteiger partial charge < -0.3 is 0 Å². The zero-order valence-electron chi connectivity index (χ0n) is 10.3. The van der Waals surface area contributed by atoms with E-state index < -0.39 is 0 Å². The van der Waals surface area contributed by atoms with Crippen molar-refractivity contribution in [2.24, 2.45) is 0 Å². The lowest BCUT2D eigenvalue weighted by Gasteiger charge is -2.37. The van der Waals surface area contributed by atoms with Crippen LogP contribution in [0.2, 0.25) is 5.02 Å². The predicted molar refractivity (Wildman–Crippen MR) is 69.9 cm³/mol. The normalized spacial score (nSPS) is 22.6. The third-order valence-corrected chi connectivity index (χ3v) is 3.58. The summed E-state index contributed by atoms with van der Waals surface area (Å²) in [7, 11) is 0. The molecule has 1 aromatic carbocycles. The van der Waals surface area contributed by atoms with Gasteiger partial charge in [-0.25, -0.2) is 0 Å². The molecule has 1 aromatic rings. The van der Waals surface area contributed by atoms with E-state index in [0.717, 1.165) is 5.02 Å². The Labute approximate surface area is 103 Å². The van der Waals surface area contributed by atoms with Crippen LogP contribution in [0.25, 0.3) is 0 Å². The second-order valence-electron chi connectivity index (χ2n) is 5.58. The smallest absolute Gasteiger partial charge is 0.0409 e. The summed E-state index contributed by atoms with van der Waals surface area (Å²) in [6.45, 7) is 8.06. The Morgan fingerprint density at radius 2 is 2.06 bits per heavy atom. The number of rotatable bonds is 1. The van der Waals surface area contributed by atoms with E-state index in [-0.39, 0.29) is 5.54 Å². The van der Waals surface area contributed by atoms with E-state index in [1.54, 1.807) is 0 Å². The highest BCUT2D eigenvalue weighted by Gasteiger charge is 2.33. The summed E-state index contributed by atoms with van der Waals surface area (Å²) >= 11 is 6.07. The summed E-state index contributed by atoms with van der Waals surface area (Å²) in [4.78, 5) is 2.58. The summed E-state index contributed by atoms with van der Waals surface area (Å²) < 4.78 is 0. The zero-order chi connectivity index (χ0) is 11.8. The van der Waals surface area contributed by atoms with Crippen LogP contribution in [0.15, 0.2) is 24.3 Å². The van der Waals surface area contributed by atoms with Gasteiger partial charge in [0.1, 0.15) is 0 Å². The molecule has 2 heteroatoms. The average molecular weight is 238 g/mol. The van der Waals surface area contributed by atoms with Crippen LogP contribution in [-0.4, -0.2) is 17.0 Å². The Morgan fingerprint density at radius 3 is 2.69 bits per heavy atom. The maximum atomic E-state index is 6.07. The molecule has 1 nitrogen and oxygen atoms in total. The van der Waals surface area contributed by atoms with Gasteiger partial charge in [0.2, 0.25) is 0 Å². The second kappa shape index (κ2) is 4.38. The molecule has 0 radical (unpaired) electrons. The fourth-order valence-corrected chi connectivity index (χ4v) is 2.83. The third-order valence-electron chi connectivity index (χ3n) is 3.35. The first-order valence-electron chi connectivity index (χ1n) is 6.01. The van der Waals surface area contributed by atoms with Gasteiger partial charge in [-0.2, -0.15) is 0 Å². The monoisotopic (exact) mass is 237 g/mol. The van der Waals surface area contributed by atoms with Crippen LogP contribution in [0.1, 0.15) is 45.2 Å². The molecule has 0 aromatic heterocycles. The Morgan fingerprint density at radius 1 is 1.31 bits per heavy atom. The van der Waals surface area contributed by atoms with Crippen molar-refractivity contribution in [2.75, 3.05) is 6.54 Å². The Balaban J connectivity index is 2.27. The Hall–Kier alpha value is -0.530. The van der Waals surface area contributed by atoms with Gasteiger partial charge >= 0.3 is 0 Å². The first kappa shape index (κ1) is 11.9. The molecule has 1 heterocycles. The van der Waals surface area contributed by atoms with Crippen molar-refractivity contribution in [3.05, 3.63) is 34.9 Å². The van der Waals surface area contributed by atoms with Gasteiger partial charge in [-0.15, -0.1) is 0 Å². The molecule has 0 bridgehead atoms. The number of hydrogen-bond acceptors (Lipinski definition) is 1. The molecule has 1 saturated heterocycles. The number of nitrogens with zero attached hydrogens (tertiary/aromatic N) is 1. The molecule has 0 N–H and O–H groups in total. The lowest BCUT2D eigenvalue weighted by atomic mass is 9.99. The predicted octanol–water partition coefficient (Wildman–Crippen LogP) is 4.28. The highest BCUT2D eigenvalue weighted by molar-refractivity contribution is 6.30. The van der Waals surface area contributed by atoms with Gasteiger partial charge in [-0.1, -0.05) is 23.7 Å². The van der Waals surface area contributed by atoms with Gasteiger partial charge in [0, 0.05) is 16.6 Å². The fourth-order valence-electron chi connectivity index (χ4n) is 2.63. The second-order valence-corrected chi connectivity index (χ2v) is 6.01. The molecule has 2 rings (SSSR count). The lowest BCUT2D eigenvalue weighted by molar-refractivity contribution is 0.121. The molecule has 0 unspecified atom stereocenters. The molecule has 1 atom stereocenters. The standard InChI is InChI=1S/C14H20ClN/c1-14(2,3)16-9-5-8-13(16)11-6-4-7-12(15)10-11/h4,6-7,10,13H,5,8-9H2,1-3H3/t13-/m0/s1. The molecular formula is C14H20ClN. The Bertz CT molecular complexity index is 367. The van der Waals surface area contributed by atoms with Crippen molar-refractivity contribution < 1.29 is 0 Å². The SMILES string of the molecule is CC(C)(C)N1CCC[C@H]1c1cccc(Cl)c1. The number of likely N-dealkylation sites (tertiary alicyclic amines) is 1. The van der Waals surface area contributed by atoms with Crippen molar-refractivity contribution in [1.82, 2.24) is 4.90 Å². The van der Waals surface area contributed by atoms with E-state index >= 15 is 0 Å². The van der Waals surface area contributed by atoms with E-state index in [1.807, 2.05) is 6.07 Å². The molecule has 1 aliphatic heterocycles. The summed E-state index contributed by atoms with van der Waals surface area (Å²) in [5, 5.41) is 0.846. The van der Waals surface area contributed by atoms with Crippen LogP contribution in [-0.2, 0) is 0 Å². The van der Waals surface area contributed by atoms with E-state index in [4.69, 9.17) is 11.6 Å². The largest absolute Gasteiger partial charge is 0.291 e. The van der Waals surface area contributed by atoms with Gasteiger partial charge in [-0.3, -0.25) is 4.90 Å². The molecular weight excluding hydrogens is 218 g/mol. The molecule has 1 aliphatic rings. The van der Waals surface area contributed by atoms with Crippen LogP contribution < -0.4 is 0 Å². The quantitative estimate of drug-likeness (QED) is 0.705. The van der Waals surface area contributed by atoms with Crippen molar-refractivity contribution in [3.63, 3.8) is 0 Å². The van der Waals surface area contributed by atoms with Crippen LogP contribution in [0.4, 0.5) is 0 Å². The summed E-state index contributed by atoms with van der Waals surface area (Å²) in [5.74, 6) is 0. The molecule has 0 amide bonds. The van der Waals surface area contributed by atoms with Gasteiger partial charge in [0.15, 0.2) is 0 Å². The highest BCUT2D eigenvalue weighted by atomic mass is 35.5. The minimum atomic E-state index is 0.240. The van der Waals surface area contributed by atoms with Crippen molar-refractivity contribution in [2.45, 2.75) is 45.2 Å². The molecule has 88 valence electrons. The average Bonchev–Trinajstić information content (AvgIpc) is 2.65. The zero-order valence-corrected chi connectivity index (χ0v) is 11.1. The van der Waals surface area contributed by atoms with Gasteiger partial charge in [0.25, 0.3) is 0 Å². The van der Waals surface area contributed by atoms with Crippen molar-refractivity contribution in [1.29, 1.82) is 0 Å². The maximum absolute atomic E-state index is 6.07. The third kappa shape index (κ3) is 2.41. The van der Waals surface area contributed by atoms with Crippen molar-refractivity contribution in [3.8, 4) is 0 Å². The van der Waals surface area contributed by atoms with E-state index in [0.29, 0.717) is 6.04 Å². The first-order valence-corrected chi connectivity index (χ1v) is 6.38. The minimum absolute atomic E-state index is 0.240. The van der Waals surface area contributed by atoms with E-state index in [2.05, 4.69) is 43.9 Å². The van der Waals surface area contributed by atoms with E-state index in [9.17, 15) is 0 Å². The molecule has 16 heavy (non-hydrogen) atoms. The molecule has 0 aliphatic carbocycles. The van der Waals surface area contributed by atoms with Crippen LogP contribution in [0, 0.1) is 0 Å². The Kier molecular flexibility index (Phi) is 3.27. The van der Waals surface area contributed by atoms with E-state index in [1.165, 1.54) is 24.9 Å². The molecule has 1 fully saturated rings. The molecule has 0 spiro atoms. The molecule has 0 saturated carbocycles. The van der Waals surface area contributed by atoms with Crippen molar-refractivity contribution >= 4 is 11.6 Å². The summed E-state index contributed by atoms with van der Waals surface area (Å²) in [6, 6.07) is 8.84. The highest BCUT2D eigenvalue weighted by Crippen LogP contribution is 2.37. The maximum Gasteiger partial charge on any atom is 0.0409 e. The van der Waals surface area contributed by atoms with Crippen LogP contribution in [0.5, 0.6) is 0 Å².